The third kappa shape index (κ3) is 5.09. The Balaban J connectivity index is 0.000000791. The lowest BCUT2D eigenvalue weighted by atomic mass is 10.0. The zero-order valence-electron chi connectivity index (χ0n) is 16.3. The normalized spacial score (nSPS) is 10.9. The highest BCUT2D eigenvalue weighted by molar-refractivity contribution is 6.33. The molecule has 0 spiro atoms. The van der Waals surface area contributed by atoms with Crippen LogP contribution < -0.4 is 0 Å². The predicted molar refractivity (Wildman–Crippen MR) is 113 cm³/mol. The summed E-state index contributed by atoms with van der Waals surface area (Å²) in [7, 11) is 1.96. The molecule has 3 rings (SSSR count). The molecule has 0 radical (unpaired) electrons. The van der Waals surface area contributed by atoms with Gasteiger partial charge in [-0.1, -0.05) is 82.1 Å². The van der Waals surface area contributed by atoms with Crippen molar-refractivity contribution in [2.45, 2.75) is 40.5 Å². The predicted octanol–water partition coefficient (Wildman–Crippen LogP) is 6.99. The lowest BCUT2D eigenvalue weighted by molar-refractivity contribution is 0.740. The van der Waals surface area contributed by atoms with Crippen LogP contribution in [-0.2, 0) is 7.05 Å². The lowest BCUT2D eigenvalue weighted by Gasteiger charge is -2.12. The number of benzene rings is 2. The first kappa shape index (κ1) is 22.2. The fourth-order valence-corrected chi connectivity index (χ4v) is 2.84. The van der Waals surface area contributed by atoms with Crippen molar-refractivity contribution in [3.63, 3.8) is 0 Å². The van der Waals surface area contributed by atoms with Crippen LogP contribution in [0.25, 0.3) is 11.4 Å². The molecule has 1 atom stereocenters. The van der Waals surface area contributed by atoms with E-state index in [1.54, 1.807) is 0 Å². The molecule has 26 heavy (non-hydrogen) atoms. The lowest BCUT2D eigenvalue weighted by Crippen LogP contribution is -2.05. The summed E-state index contributed by atoms with van der Waals surface area (Å²) in [6, 6.07) is 15.4. The molecule has 1 aromatic heterocycles. The van der Waals surface area contributed by atoms with Crippen LogP contribution in [0, 0.1) is 0 Å². The molecule has 0 saturated carbocycles. The minimum absolute atomic E-state index is 0.117. The van der Waals surface area contributed by atoms with Gasteiger partial charge < -0.3 is 4.57 Å². The maximum Gasteiger partial charge on any atom is 0.165 e. The maximum absolute atomic E-state index is 6.26. The third-order valence-corrected chi connectivity index (χ3v) is 4.36. The second-order valence-electron chi connectivity index (χ2n) is 5.19. The number of aromatic nitrogens is 3. The van der Waals surface area contributed by atoms with Gasteiger partial charge in [-0.25, -0.2) is 0 Å². The van der Waals surface area contributed by atoms with Gasteiger partial charge in [0.05, 0.1) is 5.02 Å². The minimum atomic E-state index is 0.117. The van der Waals surface area contributed by atoms with E-state index in [1.807, 2.05) is 87.8 Å². The Kier molecular flexibility index (Phi) is 9.39. The second kappa shape index (κ2) is 11.0. The van der Waals surface area contributed by atoms with Crippen molar-refractivity contribution < 1.29 is 0 Å². The highest BCUT2D eigenvalue weighted by Gasteiger charge is 2.19. The van der Waals surface area contributed by atoms with Gasteiger partial charge in [0.2, 0.25) is 0 Å². The Morgan fingerprint density at radius 2 is 1.42 bits per heavy atom. The SMILES string of the molecule is CC.CC.CC(c1ccc(Cl)cc1)c1nnc(-c2ccccc2Cl)n1C. The highest BCUT2D eigenvalue weighted by Crippen LogP contribution is 2.29. The van der Waals surface area contributed by atoms with E-state index >= 15 is 0 Å². The number of rotatable bonds is 3. The summed E-state index contributed by atoms with van der Waals surface area (Å²) in [4.78, 5) is 0. The number of nitrogens with zero attached hydrogens (tertiary/aromatic N) is 3. The first-order valence-electron chi connectivity index (χ1n) is 8.97. The Hall–Kier alpha value is -1.84. The van der Waals surface area contributed by atoms with Gasteiger partial charge in [0, 0.05) is 23.6 Å². The molecule has 140 valence electrons. The van der Waals surface area contributed by atoms with Gasteiger partial charge in [-0.15, -0.1) is 10.2 Å². The molecular weight excluding hydrogens is 365 g/mol. The fourth-order valence-electron chi connectivity index (χ4n) is 2.50. The van der Waals surface area contributed by atoms with Crippen molar-refractivity contribution in [2.75, 3.05) is 0 Å². The minimum Gasteiger partial charge on any atom is -0.314 e. The molecule has 3 nitrogen and oxygen atoms in total. The molecule has 0 amide bonds. The summed E-state index contributed by atoms with van der Waals surface area (Å²) in [5.41, 5.74) is 2.03. The fraction of sp³-hybridized carbons (Fsp3) is 0.333. The molecule has 0 aliphatic rings. The molecule has 0 N–H and O–H groups in total. The van der Waals surface area contributed by atoms with Crippen molar-refractivity contribution in [1.29, 1.82) is 0 Å². The molecule has 1 unspecified atom stereocenters. The van der Waals surface area contributed by atoms with Crippen LogP contribution in [0.15, 0.2) is 48.5 Å². The zero-order valence-corrected chi connectivity index (χ0v) is 17.8. The van der Waals surface area contributed by atoms with Crippen LogP contribution in [-0.4, -0.2) is 14.8 Å². The summed E-state index contributed by atoms with van der Waals surface area (Å²) < 4.78 is 1.99. The Morgan fingerprint density at radius 3 is 2.00 bits per heavy atom. The molecule has 1 heterocycles. The van der Waals surface area contributed by atoms with E-state index in [-0.39, 0.29) is 5.92 Å². The Morgan fingerprint density at radius 1 is 0.846 bits per heavy atom. The van der Waals surface area contributed by atoms with E-state index in [4.69, 9.17) is 23.2 Å². The van der Waals surface area contributed by atoms with Crippen molar-refractivity contribution >= 4 is 23.2 Å². The molecule has 0 fully saturated rings. The second-order valence-corrected chi connectivity index (χ2v) is 6.04. The molecule has 5 heteroatoms. The van der Waals surface area contributed by atoms with E-state index in [9.17, 15) is 0 Å². The van der Waals surface area contributed by atoms with E-state index in [2.05, 4.69) is 17.1 Å². The van der Waals surface area contributed by atoms with Gasteiger partial charge in [-0.05, 0) is 29.8 Å². The third-order valence-electron chi connectivity index (χ3n) is 3.78. The van der Waals surface area contributed by atoms with Crippen LogP contribution in [0.3, 0.4) is 0 Å². The van der Waals surface area contributed by atoms with Crippen LogP contribution in [0.4, 0.5) is 0 Å². The molecular formula is C21H27Cl2N3. The van der Waals surface area contributed by atoms with E-state index in [0.29, 0.717) is 5.02 Å². The maximum atomic E-state index is 6.26. The molecule has 0 saturated heterocycles. The Labute approximate surface area is 167 Å². The van der Waals surface area contributed by atoms with Crippen molar-refractivity contribution in [3.05, 3.63) is 70.0 Å². The van der Waals surface area contributed by atoms with Crippen LogP contribution in [0.5, 0.6) is 0 Å². The van der Waals surface area contributed by atoms with Gasteiger partial charge in [-0.3, -0.25) is 0 Å². The summed E-state index contributed by atoms with van der Waals surface area (Å²) >= 11 is 12.2. The van der Waals surface area contributed by atoms with Crippen LogP contribution in [0.2, 0.25) is 10.0 Å². The molecule has 3 aromatic rings. The number of hydrogen-bond donors (Lipinski definition) is 0. The average molecular weight is 392 g/mol. The van der Waals surface area contributed by atoms with Crippen molar-refractivity contribution in [3.8, 4) is 11.4 Å². The quantitative estimate of drug-likeness (QED) is 0.481. The van der Waals surface area contributed by atoms with Crippen LogP contribution >= 0.6 is 23.2 Å². The van der Waals surface area contributed by atoms with Crippen LogP contribution in [0.1, 0.15) is 51.9 Å². The molecule has 0 aliphatic heterocycles. The topological polar surface area (TPSA) is 30.7 Å². The summed E-state index contributed by atoms with van der Waals surface area (Å²) in [6.45, 7) is 10.1. The Bertz CT molecular complexity index is 795. The zero-order chi connectivity index (χ0) is 19.7. The molecule has 2 aromatic carbocycles. The summed E-state index contributed by atoms with van der Waals surface area (Å²) in [6.07, 6.45) is 0. The van der Waals surface area contributed by atoms with Crippen molar-refractivity contribution in [2.24, 2.45) is 7.05 Å². The van der Waals surface area contributed by atoms with E-state index in [0.717, 1.165) is 27.8 Å². The summed E-state index contributed by atoms with van der Waals surface area (Å²) in [5.74, 6) is 1.77. The van der Waals surface area contributed by atoms with Gasteiger partial charge >= 0.3 is 0 Å². The van der Waals surface area contributed by atoms with Gasteiger partial charge in [0.15, 0.2) is 5.82 Å². The van der Waals surface area contributed by atoms with Crippen molar-refractivity contribution in [1.82, 2.24) is 14.8 Å². The van der Waals surface area contributed by atoms with E-state index < -0.39 is 0 Å². The van der Waals surface area contributed by atoms with E-state index in [1.165, 1.54) is 0 Å². The smallest absolute Gasteiger partial charge is 0.165 e. The van der Waals surface area contributed by atoms with Gasteiger partial charge in [-0.2, -0.15) is 0 Å². The average Bonchev–Trinajstić information content (AvgIpc) is 3.07. The molecule has 0 bridgehead atoms. The first-order valence-corrected chi connectivity index (χ1v) is 9.73. The largest absolute Gasteiger partial charge is 0.314 e. The number of hydrogen-bond acceptors (Lipinski definition) is 2. The number of halogens is 2. The van der Waals surface area contributed by atoms with Gasteiger partial charge in [0.1, 0.15) is 5.82 Å². The summed E-state index contributed by atoms with van der Waals surface area (Å²) in [5, 5.41) is 10.1. The molecule has 0 aliphatic carbocycles. The highest BCUT2D eigenvalue weighted by atomic mass is 35.5. The monoisotopic (exact) mass is 391 g/mol. The first-order chi connectivity index (χ1) is 12.6. The van der Waals surface area contributed by atoms with Gasteiger partial charge in [0.25, 0.3) is 0 Å². The standard InChI is InChI=1S/C17H15Cl2N3.2C2H6/c1-11(12-7-9-13(18)10-8-12)16-20-21-17(22(16)2)14-5-3-4-6-15(14)19;2*1-2/h3-11H,1-2H3;2*1-2H3.